The summed E-state index contributed by atoms with van der Waals surface area (Å²) in [5.41, 5.74) is 0.733. The van der Waals surface area contributed by atoms with Gasteiger partial charge in [0, 0.05) is 51.7 Å². The predicted octanol–water partition coefficient (Wildman–Crippen LogP) is 1.89. The normalized spacial score (nSPS) is 23.0. The van der Waals surface area contributed by atoms with Crippen LogP contribution in [-0.4, -0.2) is 74.1 Å². The van der Waals surface area contributed by atoms with Gasteiger partial charge in [0.05, 0.1) is 0 Å². The van der Waals surface area contributed by atoms with E-state index in [4.69, 9.17) is 36.3 Å². The van der Waals surface area contributed by atoms with Gasteiger partial charge in [0.15, 0.2) is 24.3 Å². The summed E-state index contributed by atoms with van der Waals surface area (Å²) < 4.78 is 25.9. The van der Waals surface area contributed by atoms with E-state index in [0.717, 1.165) is 5.56 Å². The Labute approximate surface area is 224 Å². The van der Waals surface area contributed by atoms with Crippen LogP contribution in [-0.2, 0) is 38.1 Å². The second kappa shape index (κ2) is 12.3. The number of carbonyl (C=O) groups is 4. The zero-order chi connectivity index (χ0) is 28.1. The molecule has 1 aliphatic heterocycles. The van der Waals surface area contributed by atoms with Gasteiger partial charge in [-0.05, 0) is 38.2 Å². The van der Waals surface area contributed by atoms with Gasteiger partial charge in [0.1, 0.15) is 18.8 Å². The molecule has 1 aliphatic rings. The summed E-state index contributed by atoms with van der Waals surface area (Å²) in [7, 11) is 0. The number of aromatic nitrogens is 4. The first-order valence-electron chi connectivity index (χ1n) is 11.9. The number of hydrogen-bond donors (Lipinski definition) is 1. The van der Waals surface area contributed by atoms with Crippen LogP contribution < -0.4 is 5.32 Å². The minimum absolute atomic E-state index is 0.114. The molecular formula is C24H31N5O8S. The lowest BCUT2D eigenvalue weighted by atomic mass is 9.95. The molecule has 0 unspecified atom stereocenters. The van der Waals surface area contributed by atoms with Gasteiger partial charge in [0.2, 0.25) is 10.7 Å². The molecule has 3 heterocycles. The Hall–Kier alpha value is -3.65. The first-order valence-corrected chi connectivity index (χ1v) is 12.3. The molecule has 1 fully saturated rings. The third kappa shape index (κ3) is 6.61. The average Bonchev–Trinajstić information content (AvgIpc) is 3.17. The lowest BCUT2D eigenvalue weighted by Gasteiger charge is -2.45. The van der Waals surface area contributed by atoms with E-state index < -0.39 is 54.4 Å². The van der Waals surface area contributed by atoms with E-state index in [0.29, 0.717) is 5.82 Å². The van der Waals surface area contributed by atoms with Crippen LogP contribution in [0.25, 0.3) is 11.4 Å². The molecule has 0 spiro atoms. The maximum atomic E-state index is 12.3. The summed E-state index contributed by atoms with van der Waals surface area (Å²) in [4.78, 5) is 52.1. The van der Waals surface area contributed by atoms with Gasteiger partial charge in [0.25, 0.3) is 0 Å². The molecule has 2 aromatic heterocycles. The van der Waals surface area contributed by atoms with Crippen molar-refractivity contribution in [1.29, 1.82) is 0 Å². The fraction of sp³-hybridized carbons (Fsp3) is 0.542. The van der Waals surface area contributed by atoms with Gasteiger partial charge in [-0.25, -0.2) is 4.68 Å². The lowest BCUT2D eigenvalue weighted by molar-refractivity contribution is -0.239. The molecule has 3 rings (SSSR count). The van der Waals surface area contributed by atoms with Crippen LogP contribution in [0.1, 0.15) is 53.8 Å². The van der Waals surface area contributed by atoms with Crippen LogP contribution in [0.15, 0.2) is 24.5 Å². The Bertz CT molecular complexity index is 1240. The molecule has 0 saturated carbocycles. The highest BCUT2D eigenvalue weighted by Gasteiger charge is 2.52. The summed E-state index contributed by atoms with van der Waals surface area (Å²) in [6, 6.07) is 2.35. The van der Waals surface area contributed by atoms with Crippen LogP contribution in [0.5, 0.6) is 0 Å². The van der Waals surface area contributed by atoms with Crippen LogP contribution in [0, 0.1) is 4.77 Å². The number of nitrogens with one attached hydrogen (secondary N) is 1. The number of rotatable bonds is 8. The van der Waals surface area contributed by atoms with Crippen molar-refractivity contribution in [3.63, 3.8) is 0 Å². The second-order valence-electron chi connectivity index (χ2n) is 8.99. The van der Waals surface area contributed by atoms with Crippen molar-refractivity contribution in [1.82, 2.24) is 24.6 Å². The number of ether oxygens (including phenoxy) is 4. The minimum Gasteiger partial charge on any atom is -0.463 e. The molecule has 1 amide bonds. The molecular weight excluding hydrogens is 518 g/mol. The molecule has 13 nitrogen and oxygen atoms in total. The summed E-state index contributed by atoms with van der Waals surface area (Å²) in [6.07, 6.45) is -1.43. The smallest absolute Gasteiger partial charge is 0.303 e. The third-order valence-corrected chi connectivity index (χ3v) is 6.00. The second-order valence-corrected chi connectivity index (χ2v) is 9.36. The molecule has 0 radical (unpaired) electrons. The molecule has 5 atom stereocenters. The highest BCUT2D eigenvalue weighted by molar-refractivity contribution is 7.71. The van der Waals surface area contributed by atoms with Crippen molar-refractivity contribution >= 4 is 36.0 Å². The van der Waals surface area contributed by atoms with E-state index in [9.17, 15) is 19.2 Å². The Morgan fingerprint density at radius 3 is 2.16 bits per heavy atom. The van der Waals surface area contributed by atoms with Gasteiger partial charge < -0.3 is 24.3 Å². The van der Waals surface area contributed by atoms with Gasteiger partial charge in [-0.3, -0.25) is 28.7 Å². The van der Waals surface area contributed by atoms with Crippen molar-refractivity contribution in [2.24, 2.45) is 0 Å². The highest BCUT2D eigenvalue weighted by Crippen LogP contribution is 2.34. The van der Waals surface area contributed by atoms with Gasteiger partial charge >= 0.3 is 17.9 Å². The van der Waals surface area contributed by atoms with Gasteiger partial charge in [-0.2, -0.15) is 0 Å². The molecule has 1 N–H and O–H groups in total. The van der Waals surface area contributed by atoms with E-state index in [1.807, 2.05) is 13.8 Å². The summed E-state index contributed by atoms with van der Waals surface area (Å²) >= 11 is 5.78. The first kappa shape index (κ1) is 28.9. The Kier molecular flexibility index (Phi) is 9.33. The number of hydrogen-bond acceptors (Lipinski definition) is 11. The molecule has 206 valence electrons. The minimum atomic E-state index is -1.23. The first-order chi connectivity index (χ1) is 17.9. The average molecular weight is 550 g/mol. The van der Waals surface area contributed by atoms with Gasteiger partial charge in [-0.1, -0.05) is 0 Å². The van der Waals surface area contributed by atoms with Crippen LogP contribution in [0.4, 0.5) is 0 Å². The maximum Gasteiger partial charge on any atom is 0.303 e. The lowest BCUT2D eigenvalue weighted by Crippen LogP contribution is -2.64. The van der Waals surface area contributed by atoms with Crippen molar-refractivity contribution in [3.05, 3.63) is 29.3 Å². The van der Waals surface area contributed by atoms with E-state index in [1.54, 1.807) is 29.1 Å². The van der Waals surface area contributed by atoms with E-state index in [2.05, 4.69) is 10.3 Å². The van der Waals surface area contributed by atoms with E-state index in [-0.39, 0.29) is 17.4 Å². The zero-order valence-corrected chi connectivity index (χ0v) is 22.8. The molecule has 14 heteroatoms. The summed E-state index contributed by atoms with van der Waals surface area (Å²) in [5.74, 6) is -1.93. The highest BCUT2D eigenvalue weighted by atomic mass is 32.1. The fourth-order valence-corrected chi connectivity index (χ4v) is 4.68. The largest absolute Gasteiger partial charge is 0.463 e. The summed E-state index contributed by atoms with van der Waals surface area (Å²) in [6.45, 7) is 8.39. The number of nitrogens with zero attached hydrogens (tertiary/aromatic N) is 4. The quantitative estimate of drug-likeness (QED) is 0.292. The maximum absolute atomic E-state index is 12.3. The SMILES string of the molecule is CC(=O)N[C@@H]1[C@H](OC(C)=O)[C@H](OC(C)=O)[C@@H](COC(C)=O)O[C@H]1n1nc(-c2ccncc2)n(C(C)C)c1=S. The van der Waals surface area contributed by atoms with E-state index in [1.165, 1.54) is 32.4 Å². The van der Waals surface area contributed by atoms with Gasteiger partial charge in [-0.15, -0.1) is 5.10 Å². The molecule has 0 aromatic carbocycles. The number of pyridine rings is 1. The Morgan fingerprint density at radius 2 is 1.63 bits per heavy atom. The molecule has 0 aliphatic carbocycles. The fourth-order valence-electron chi connectivity index (χ4n) is 4.24. The topological polar surface area (TPSA) is 153 Å². The monoisotopic (exact) mass is 549 g/mol. The van der Waals surface area contributed by atoms with Crippen LogP contribution >= 0.6 is 12.2 Å². The molecule has 38 heavy (non-hydrogen) atoms. The van der Waals surface area contributed by atoms with Crippen molar-refractivity contribution in [2.45, 2.75) is 78.2 Å². The third-order valence-electron chi connectivity index (χ3n) is 5.62. The van der Waals surface area contributed by atoms with Crippen LogP contribution in [0.3, 0.4) is 0 Å². The Balaban J connectivity index is 2.21. The molecule has 1 saturated heterocycles. The zero-order valence-electron chi connectivity index (χ0n) is 21.9. The molecule has 0 bridgehead atoms. The number of carbonyl (C=O) groups excluding carboxylic acids is 4. The Morgan fingerprint density at radius 1 is 1.03 bits per heavy atom. The predicted molar refractivity (Wildman–Crippen MR) is 134 cm³/mol. The van der Waals surface area contributed by atoms with Crippen molar-refractivity contribution in [3.8, 4) is 11.4 Å². The van der Waals surface area contributed by atoms with Crippen LogP contribution in [0.2, 0.25) is 0 Å². The van der Waals surface area contributed by atoms with E-state index >= 15 is 0 Å². The number of amides is 1. The standard InChI is InChI=1S/C24H31N5O8S/c1-12(2)28-22(17-7-9-25-10-8-17)27-29(24(28)38)23-19(26-13(3)30)21(36-16(6)33)20(35-15(5)32)18(37-23)11-34-14(4)31/h7-10,12,18-21,23H,11H2,1-6H3,(H,26,30)/t18-,19-,20-,21+,23-/m1/s1. The summed E-state index contributed by atoms with van der Waals surface area (Å²) in [5, 5.41) is 7.46. The molecule has 2 aromatic rings. The van der Waals surface area contributed by atoms with Crippen molar-refractivity contribution in [2.75, 3.05) is 6.61 Å². The van der Waals surface area contributed by atoms with Crippen molar-refractivity contribution < 1.29 is 38.1 Å². The number of esters is 3.